The van der Waals surface area contributed by atoms with E-state index in [0.717, 1.165) is 0 Å². The molecule has 3 rings (SSSR count). The van der Waals surface area contributed by atoms with Crippen molar-refractivity contribution < 1.29 is 19.1 Å². The Morgan fingerprint density at radius 2 is 1.26 bits per heavy atom. The normalized spacial score (nSPS) is 13.4. The summed E-state index contributed by atoms with van der Waals surface area (Å²) in [6.45, 7) is 0. The highest BCUT2D eigenvalue weighted by Crippen LogP contribution is 2.39. The Bertz CT molecular complexity index is 664. The van der Waals surface area contributed by atoms with Crippen molar-refractivity contribution in [3.05, 3.63) is 35.4 Å². The zero-order valence-electron chi connectivity index (χ0n) is 10.4. The molecule has 0 aromatic heterocycles. The third-order valence-electron chi connectivity index (χ3n) is 3.24. The molecule has 0 fully saturated rings. The Kier molecular flexibility index (Phi) is 2.41. The van der Waals surface area contributed by atoms with Gasteiger partial charge >= 0.3 is 0 Å². The Morgan fingerprint density at radius 1 is 0.789 bits per heavy atom. The molecular formula is C14H11NO4. The van der Waals surface area contributed by atoms with E-state index in [2.05, 4.69) is 5.32 Å². The van der Waals surface area contributed by atoms with Crippen molar-refractivity contribution in [2.24, 2.45) is 0 Å². The van der Waals surface area contributed by atoms with Gasteiger partial charge in [0.15, 0.2) is 0 Å². The number of amides is 2. The smallest absolute Gasteiger partial charge is 0.258 e. The van der Waals surface area contributed by atoms with E-state index in [-0.39, 0.29) is 0 Å². The minimum Gasteiger partial charge on any atom is -0.496 e. The van der Waals surface area contributed by atoms with Crippen LogP contribution in [0.1, 0.15) is 20.7 Å². The first kappa shape index (κ1) is 11.5. The fraction of sp³-hybridized carbons (Fsp3) is 0.143. The predicted octanol–water partition coefficient (Wildman–Crippen LogP) is 1.74. The molecule has 1 aliphatic heterocycles. The molecule has 0 bridgehead atoms. The van der Waals surface area contributed by atoms with Gasteiger partial charge in [0.25, 0.3) is 11.8 Å². The van der Waals surface area contributed by atoms with Crippen molar-refractivity contribution in [2.45, 2.75) is 0 Å². The molecule has 0 unspecified atom stereocenters. The van der Waals surface area contributed by atoms with Crippen LogP contribution >= 0.6 is 0 Å². The van der Waals surface area contributed by atoms with Gasteiger partial charge in [0.05, 0.1) is 19.6 Å². The molecule has 0 atom stereocenters. The molecule has 19 heavy (non-hydrogen) atoms. The number of carbonyl (C=O) groups is 2. The number of benzene rings is 2. The molecule has 0 radical (unpaired) electrons. The van der Waals surface area contributed by atoms with Gasteiger partial charge in [-0.25, -0.2) is 0 Å². The summed E-state index contributed by atoms with van der Waals surface area (Å²) in [6, 6.07) is 6.68. The lowest BCUT2D eigenvalue weighted by molar-refractivity contribution is 0.0845. The molecule has 2 aromatic rings. The van der Waals surface area contributed by atoms with Crippen LogP contribution in [0.3, 0.4) is 0 Å². The molecule has 0 saturated carbocycles. The quantitative estimate of drug-likeness (QED) is 0.832. The second-order valence-corrected chi connectivity index (χ2v) is 4.16. The predicted molar refractivity (Wildman–Crippen MR) is 68.8 cm³/mol. The lowest BCUT2D eigenvalue weighted by Crippen LogP contribution is -2.34. The van der Waals surface area contributed by atoms with Crippen molar-refractivity contribution in [3.63, 3.8) is 0 Å². The van der Waals surface area contributed by atoms with Crippen molar-refractivity contribution >= 4 is 22.6 Å². The Morgan fingerprint density at radius 3 is 1.68 bits per heavy atom. The van der Waals surface area contributed by atoms with Gasteiger partial charge in [-0.15, -0.1) is 0 Å². The second-order valence-electron chi connectivity index (χ2n) is 4.16. The van der Waals surface area contributed by atoms with Gasteiger partial charge in [-0.1, -0.05) is 0 Å². The fourth-order valence-corrected chi connectivity index (χ4v) is 2.39. The van der Waals surface area contributed by atoms with E-state index >= 15 is 0 Å². The van der Waals surface area contributed by atoms with Gasteiger partial charge in [-0.2, -0.15) is 0 Å². The van der Waals surface area contributed by atoms with Crippen molar-refractivity contribution in [1.82, 2.24) is 5.32 Å². The van der Waals surface area contributed by atoms with Crippen molar-refractivity contribution in [3.8, 4) is 11.5 Å². The van der Waals surface area contributed by atoms with Crippen LogP contribution in [0.2, 0.25) is 0 Å². The summed E-state index contributed by atoms with van der Waals surface area (Å²) in [5, 5.41) is 3.53. The maximum absolute atomic E-state index is 11.9. The number of hydrogen-bond acceptors (Lipinski definition) is 4. The number of hydrogen-bond donors (Lipinski definition) is 1. The summed E-state index contributed by atoms with van der Waals surface area (Å²) >= 11 is 0. The van der Waals surface area contributed by atoms with Crippen LogP contribution < -0.4 is 14.8 Å². The summed E-state index contributed by atoms with van der Waals surface area (Å²) in [5.41, 5.74) is 0.897. The largest absolute Gasteiger partial charge is 0.496 e. The van der Waals surface area contributed by atoms with Gasteiger partial charge in [0.2, 0.25) is 0 Å². The number of methoxy groups -OCH3 is 2. The van der Waals surface area contributed by atoms with E-state index in [9.17, 15) is 9.59 Å². The first-order valence-corrected chi connectivity index (χ1v) is 5.70. The average Bonchev–Trinajstić information content (AvgIpc) is 2.43. The van der Waals surface area contributed by atoms with Crippen LogP contribution in [-0.4, -0.2) is 26.0 Å². The first-order valence-electron chi connectivity index (χ1n) is 5.70. The minimum atomic E-state index is -0.404. The number of ether oxygens (including phenoxy) is 2. The molecule has 5 heteroatoms. The highest BCUT2D eigenvalue weighted by Gasteiger charge is 2.27. The van der Waals surface area contributed by atoms with Crippen LogP contribution in [-0.2, 0) is 0 Å². The summed E-state index contributed by atoms with van der Waals surface area (Å²) in [6.07, 6.45) is 0. The van der Waals surface area contributed by atoms with E-state index < -0.39 is 11.8 Å². The average molecular weight is 257 g/mol. The maximum atomic E-state index is 11.9. The number of nitrogens with one attached hydrogen (secondary N) is 1. The summed E-state index contributed by atoms with van der Waals surface area (Å²) in [7, 11) is 3.07. The Balaban J connectivity index is 2.53. The van der Waals surface area contributed by atoms with E-state index in [1.54, 1.807) is 24.3 Å². The molecule has 2 aromatic carbocycles. The minimum absolute atomic E-state index is 0.404. The molecule has 0 aliphatic carbocycles. The SMILES string of the molecule is COc1ccc2c3c(ccc(OC)c13)C(=O)NC2=O. The third kappa shape index (κ3) is 1.48. The van der Waals surface area contributed by atoms with E-state index in [1.165, 1.54) is 14.2 Å². The number of rotatable bonds is 2. The highest BCUT2D eigenvalue weighted by molar-refractivity contribution is 6.27. The first-order chi connectivity index (χ1) is 9.17. The number of carbonyl (C=O) groups excluding carboxylic acids is 2. The molecule has 0 saturated heterocycles. The van der Waals surface area contributed by atoms with Gasteiger partial charge in [-0.05, 0) is 24.3 Å². The molecule has 2 amide bonds. The van der Waals surface area contributed by atoms with E-state index in [1.807, 2.05) is 0 Å². The summed E-state index contributed by atoms with van der Waals surface area (Å²) in [5.74, 6) is 0.330. The maximum Gasteiger partial charge on any atom is 0.258 e. The van der Waals surface area contributed by atoms with Crippen LogP contribution in [0.5, 0.6) is 11.5 Å². The summed E-state index contributed by atoms with van der Waals surface area (Å²) < 4.78 is 10.6. The molecule has 1 N–H and O–H groups in total. The highest BCUT2D eigenvalue weighted by atomic mass is 16.5. The van der Waals surface area contributed by atoms with Gasteiger partial charge < -0.3 is 9.47 Å². The monoisotopic (exact) mass is 257 g/mol. The molecule has 5 nitrogen and oxygen atoms in total. The fourth-order valence-electron chi connectivity index (χ4n) is 2.39. The van der Waals surface area contributed by atoms with Crippen LogP contribution in [0.25, 0.3) is 10.8 Å². The molecular weight excluding hydrogens is 246 g/mol. The molecule has 1 aliphatic rings. The zero-order chi connectivity index (χ0) is 13.6. The van der Waals surface area contributed by atoms with E-state index in [0.29, 0.717) is 33.4 Å². The molecule has 96 valence electrons. The molecule has 1 heterocycles. The lowest BCUT2D eigenvalue weighted by Gasteiger charge is -2.19. The number of imide groups is 1. The van der Waals surface area contributed by atoms with Gasteiger partial charge in [0, 0.05) is 16.5 Å². The summed E-state index contributed by atoms with van der Waals surface area (Å²) in [4.78, 5) is 23.7. The van der Waals surface area contributed by atoms with Gasteiger partial charge in [-0.3, -0.25) is 14.9 Å². The Labute approximate surface area is 109 Å². The van der Waals surface area contributed by atoms with Crippen molar-refractivity contribution in [1.29, 1.82) is 0 Å². The standard InChI is InChI=1S/C14H11NO4/c1-18-9-5-3-7-11-8(14(17)15-13(7)16)4-6-10(19-2)12(9)11/h3-6H,1-2H3,(H,15,16,17). The Hall–Kier alpha value is -2.56. The van der Waals surface area contributed by atoms with Crippen molar-refractivity contribution in [2.75, 3.05) is 14.2 Å². The lowest BCUT2D eigenvalue weighted by atomic mass is 9.94. The zero-order valence-corrected chi connectivity index (χ0v) is 10.4. The topological polar surface area (TPSA) is 64.6 Å². The molecule has 0 spiro atoms. The van der Waals surface area contributed by atoms with Crippen LogP contribution in [0.4, 0.5) is 0 Å². The second kappa shape index (κ2) is 3.98. The third-order valence-corrected chi connectivity index (χ3v) is 3.24. The van der Waals surface area contributed by atoms with Crippen LogP contribution in [0.15, 0.2) is 24.3 Å². The van der Waals surface area contributed by atoms with Gasteiger partial charge in [0.1, 0.15) is 11.5 Å². The van der Waals surface area contributed by atoms with Crippen LogP contribution in [0, 0.1) is 0 Å². The van der Waals surface area contributed by atoms with E-state index in [4.69, 9.17) is 9.47 Å².